The average molecular weight is 429 g/mol. The molecule has 2 nitrogen and oxygen atoms in total. The molecule has 5 rings (SSSR count). The van der Waals surface area contributed by atoms with Crippen molar-refractivity contribution < 1.29 is 0 Å². The van der Waals surface area contributed by atoms with Gasteiger partial charge in [-0.2, -0.15) is 5.26 Å². The third-order valence-electron chi connectivity index (χ3n) is 6.65. The Balaban J connectivity index is 1.31. The van der Waals surface area contributed by atoms with Crippen molar-refractivity contribution in [3.8, 4) is 6.07 Å². The maximum absolute atomic E-state index is 8.81. The molecule has 1 saturated heterocycles. The number of piperidine rings is 1. The predicted octanol–water partition coefficient (Wildman–Crippen LogP) is 6.85. The predicted molar refractivity (Wildman–Crippen MR) is 138 cm³/mol. The number of fused-ring (bicyclic) bond motifs is 2. The summed E-state index contributed by atoms with van der Waals surface area (Å²) in [6, 6.07) is 28.1. The molecule has 0 N–H and O–H groups in total. The molecular formula is C31H28N2. The van der Waals surface area contributed by atoms with Crippen LogP contribution in [-0.4, -0.2) is 24.5 Å². The maximum atomic E-state index is 8.81. The zero-order chi connectivity index (χ0) is 22.5. The monoisotopic (exact) mass is 428 g/mol. The summed E-state index contributed by atoms with van der Waals surface area (Å²) < 4.78 is 0. The number of benzene rings is 3. The Morgan fingerprint density at radius 1 is 0.788 bits per heavy atom. The van der Waals surface area contributed by atoms with Gasteiger partial charge in [0, 0.05) is 19.6 Å². The fourth-order valence-corrected chi connectivity index (χ4v) is 4.88. The van der Waals surface area contributed by atoms with E-state index in [2.05, 4.69) is 95.9 Å². The minimum Gasteiger partial charge on any atom is -0.299 e. The normalized spacial score (nSPS) is 15.7. The summed E-state index contributed by atoms with van der Waals surface area (Å²) in [5.41, 5.74) is 10.6. The summed E-state index contributed by atoms with van der Waals surface area (Å²) in [5.74, 6) is 0. The molecular weight excluding hydrogens is 400 g/mol. The summed E-state index contributed by atoms with van der Waals surface area (Å²) in [7, 11) is 0. The fraction of sp³-hybridized carbons (Fsp3) is 0.194. The third-order valence-corrected chi connectivity index (χ3v) is 6.65. The molecule has 0 atom stereocenters. The second-order valence-corrected chi connectivity index (χ2v) is 8.77. The van der Waals surface area contributed by atoms with Crippen molar-refractivity contribution >= 4 is 23.8 Å². The Labute approximate surface area is 196 Å². The average Bonchev–Trinajstić information content (AvgIpc) is 3.03. The van der Waals surface area contributed by atoms with Crippen LogP contribution in [0.15, 0.2) is 84.4 Å². The van der Waals surface area contributed by atoms with Gasteiger partial charge in [-0.3, -0.25) is 4.90 Å². The summed E-state index contributed by atoms with van der Waals surface area (Å²) in [4.78, 5) is 2.54. The quantitative estimate of drug-likeness (QED) is 0.355. The first kappa shape index (κ1) is 21.2. The highest BCUT2D eigenvalue weighted by atomic mass is 15.1. The summed E-state index contributed by atoms with van der Waals surface area (Å²) in [5, 5.41) is 8.81. The number of likely N-dealkylation sites (tertiary alicyclic amines) is 1. The van der Waals surface area contributed by atoms with Crippen molar-refractivity contribution in [2.75, 3.05) is 19.6 Å². The molecule has 1 aliphatic carbocycles. The first-order valence-corrected chi connectivity index (χ1v) is 11.8. The molecule has 0 radical (unpaired) electrons. The minimum absolute atomic E-state index is 0.473. The van der Waals surface area contributed by atoms with E-state index < -0.39 is 0 Å². The molecule has 2 aliphatic rings. The lowest BCUT2D eigenvalue weighted by atomic mass is 9.86. The van der Waals surface area contributed by atoms with Crippen LogP contribution in [0.4, 0.5) is 0 Å². The Hall–Kier alpha value is -3.67. The van der Waals surface area contributed by atoms with E-state index in [1.165, 1.54) is 33.4 Å². The number of nitrogens with zero attached hydrogens (tertiary/aromatic N) is 2. The fourth-order valence-electron chi connectivity index (χ4n) is 4.88. The lowest BCUT2D eigenvalue weighted by Crippen LogP contribution is -2.31. The zero-order valence-corrected chi connectivity index (χ0v) is 18.9. The van der Waals surface area contributed by atoms with E-state index in [9.17, 15) is 0 Å². The van der Waals surface area contributed by atoms with Crippen molar-refractivity contribution in [1.82, 2.24) is 4.90 Å². The standard InChI is InChI=1S/C31H28N2/c32-20-17-25-13-11-24(12-14-25)6-5-21-33-22-18-28(19-23-33)31-29-9-3-1-7-26(29)15-16-27-8-2-4-10-30(27)31/h1-16H,17-19,21-23H2/b6-5+. The van der Waals surface area contributed by atoms with Crippen LogP contribution in [-0.2, 0) is 6.42 Å². The third kappa shape index (κ3) is 4.75. The van der Waals surface area contributed by atoms with Crippen LogP contribution in [0, 0.1) is 11.3 Å². The van der Waals surface area contributed by atoms with Crippen LogP contribution in [0.1, 0.15) is 46.2 Å². The van der Waals surface area contributed by atoms with Gasteiger partial charge in [0.25, 0.3) is 0 Å². The zero-order valence-electron chi connectivity index (χ0n) is 18.9. The molecule has 1 aliphatic heterocycles. The van der Waals surface area contributed by atoms with Crippen LogP contribution in [0.5, 0.6) is 0 Å². The van der Waals surface area contributed by atoms with Crippen LogP contribution >= 0.6 is 0 Å². The number of hydrogen-bond donors (Lipinski definition) is 0. The summed E-state index contributed by atoms with van der Waals surface area (Å²) >= 11 is 0. The molecule has 0 amide bonds. The van der Waals surface area contributed by atoms with Gasteiger partial charge in [-0.1, -0.05) is 103 Å². The Morgan fingerprint density at radius 3 is 2.00 bits per heavy atom. The van der Waals surface area contributed by atoms with Gasteiger partial charge in [-0.25, -0.2) is 0 Å². The molecule has 33 heavy (non-hydrogen) atoms. The van der Waals surface area contributed by atoms with E-state index in [1.807, 2.05) is 12.1 Å². The molecule has 0 bridgehead atoms. The van der Waals surface area contributed by atoms with Gasteiger partial charge in [0.05, 0.1) is 12.5 Å². The molecule has 0 unspecified atom stereocenters. The van der Waals surface area contributed by atoms with Gasteiger partial charge in [0.2, 0.25) is 0 Å². The molecule has 3 aromatic rings. The minimum atomic E-state index is 0.473. The van der Waals surface area contributed by atoms with Gasteiger partial charge >= 0.3 is 0 Å². The lowest BCUT2D eigenvalue weighted by molar-refractivity contribution is 0.284. The van der Waals surface area contributed by atoms with Crippen molar-refractivity contribution in [3.63, 3.8) is 0 Å². The topological polar surface area (TPSA) is 27.0 Å². The van der Waals surface area contributed by atoms with Crippen molar-refractivity contribution in [3.05, 3.63) is 118 Å². The number of hydrogen-bond acceptors (Lipinski definition) is 2. The van der Waals surface area contributed by atoms with Gasteiger partial charge in [-0.05, 0) is 51.8 Å². The van der Waals surface area contributed by atoms with Crippen LogP contribution in [0.2, 0.25) is 0 Å². The highest BCUT2D eigenvalue weighted by Gasteiger charge is 2.21. The highest BCUT2D eigenvalue weighted by molar-refractivity contribution is 5.94. The molecule has 0 spiro atoms. The van der Waals surface area contributed by atoms with E-state index in [-0.39, 0.29) is 0 Å². The maximum Gasteiger partial charge on any atom is 0.0669 e. The van der Waals surface area contributed by atoms with Gasteiger partial charge in [0.1, 0.15) is 0 Å². The van der Waals surface area contributed by atoms with Crippen molar-refractivity contribution in [2.45, 2.75) is 19.3 Å². The smallest absolute Gasteiger partial charge is 0.0669 e. The summed E-state index contributed by atoms with van der Waals surface area (Å²) in [6.45, 7) is 3.14. The first-order valence-electron chi connectivity index (χ1n) is 11.8. The van der Waals surface area contributed by atoms with E-state index in [1.54, 1.807) is 5.57 Å². The van der Waals surface area contributed by atoms with Gasteiger partial charge in [-0.15, -0.1) is 0 Å². The second kappa shape index (κ2) is 9.86. The number of rotatable bonds is 4. The molecule has 1 heterocycles. The second-order valence-electron chi connectivity index (χ2n) is 8.77. The molecule has 162 valence electrons. The van der Waals surface area contributed by atoms with E-state index in [0.29, 0.717) is 6.42 Å². The van der Waals surface area contributed by atoms with E-state index in [0.717, 1.165) is 38.0 Å². The Bertz CT molecular complexity index is 1210. The first-order chi connectivity index (χ1) is 16.3. The molecule has 2 heteroatoms. The van der Waals surface area contributed by atoms with Gasteiger partial charge < -0.3 is 0 Å². The largest absolute Gasteiger partial charge is 0.299 e. The van der Waals surface area contributed by atoms with E-state index >= 15 is 0 Å². The van der Waals surface area contributed by atoms with Crippen LogP contribution < -0.4 is 0 Å². The Morgan fingerprint density at radius 2 is 1.39 bits per heavy atom. The molecule has 0 saturated carbocycles. The lowest BCUT2D eigenvalue weighted by Gasteiger charge is -2.29. The van der Waals surface area contributed by atoms with Crippen molar-refractivity contribution in [1.29, 1.82) is 5.26 Å². The SMILES string of the molecule is N#CCc1ccc(/C=C/CN2CCC(=C3c4ccccc4C=Cc4ccccc43)CC2)cc1. The number of nitriles is 1. The van der Waals surface area contributed by atoms with Crippen LogP contribution in [0.3, 0.4) is 0 Å². The molecule has 0 aromatic heterocycles. The Kier molecular flexibility index (Phi) is 6.33. The molecule has 3 aromatic carbocycles. The van der Waals surface area contributed by atoms with Gasteiger partial charge in [0.15, 0.2) is 0 Å². The van der Waals surface area contributed by atoms with Crippen molar-refractivity contribution in [2.24, 2.45) is 0 Å². The molecule has 1 fully saturated rings. The highest BCUT2D eigenvalue weighted by Crippen LogP contribution is 2.38. The van der Waals surface area contributed by atoms with Crippen LogP contribution in [0.25, 0.3) is 23.8 Å². The van der Waals surface area contributed by atoms with E-state index in [4.69, 9.17) is 5.26 Å². The summed E-state index contributed by atoms with van der Waals surface area (Å²) in [6.07, 6.45) is 11.7.